The third kappa shape index (κ3) is 5.63. The SMILES string of the molecule is COCCCNC(=S)Nc1ncc(Br)cc1Cl. The summed E-state index contributed by atoms with van der Waals surface area (Å²) in [5.74, 6) is 0.541. The molecule has 0 amide bonds. The van der Waals surface area contributed by atoms with Crippen molar-refractivity contribution in [2.24, 2.45) is 0 Å². The maximum atomic E-state index is 5.99. The molecule has 1 heterocycles. The molecule has 17 heavy (non-hydrogen) atoms. The van der Waals surface area contributed by atoms with Gasteiger partial charge in [-0.3, -0.25) is 0 Å². The van der Waals surface area contributed by atoms with Gasteiger partial charge < -0.3 is 15.4 Å². The van der Waals surface area contributed by atoms with Gasteiger partial charge in [0.15, 0.2) is 10.9 Å². The minimum atomic E-state index is 0.498. The zero-order chi connectivity index (χ0) is 12.7. The number of rotatable bonds is 5. The number of hydrogen-bond donors (Lipinski definition) is 2. The second kappa shape index (κ2) is 7.81. The first-order valence-corrected chi connectivity index (χ1v) is 6.56. The van der Waals surface area contributed by atoms with Crippen LogP contribution in [0.5, 0.6) is 0 Å². The molecule has 0 aliphatic rings. The summed E-state index contributed by atoms with van der Waals surface area (Å²) in [6, 6.07) is 1.75. The summed E-state index contributed by atoms with van der Waals surface area (Å²) in [5, 5.41) is 6.98. The fourth-order valence-corrected chi connectivity index (χ4v) is 1.95. The lowest BCUT2D eigenvalue weighted by Gasteiger charge is -2.10. The summed E-state index contributed by atoms with van der Waals surface area (Å²) in [6.07, 6.45) is 2.54. The highest BCUT2D eigenvalue weighted by atomic mass is 79.9. The van der Waals surface area contributed by atoms with Crippen LogP contribution >= 0.6 is 39.7 Å². The summed E-state index contributed by atoms with van der Waals surface area (Å²) >= 11 is 14.4. The number of ether oxygens (including phenoxy) is 1. The van der Waals surface area contributed by atoms with E-state index >= 15 is 0 Å². The van der Waals surface area contributed by atoms with Crippen LogP contribution in [0.3, 0.4) is 0 Å². The molecule has 7 heteroatoms. The Morgan fingerprint density at radius 3 is 3.06 bits per heavy atom. The molecule has 0 saturated carbocycles. The van der Waals surface area contributed by atoms with Crippen LogP contribution in [0.25, 0.3) is 0 Å². The van der Waals surface area contributed by atoms with Crippen LogP contribution in [0, 0.1) is 0 Å². The van der Waals surface area contributed by atoms with Gasteiger partial charge in [-0.15, -0.1) is 0 Å². The molecule has 94 valence electrons. The summed E-state index contributed by atoms with van der Waals surface area (Å²) in [4.78, 5) is 4.12. The topological polar surface area (TPSA) is 46.2 Å². The molecule has 0 aromatic carbocycles. The van der Waals surface area contributed by atoms with Crippen molar-refractivity contribution < 1.29 is 4.74 Å². The molecular weight excluding hydrogens is 326 g/mol. The third-order valence-electron chi connectivity index (χ3n) is 1.85. The predicted octanol–water partition coefficient (Wildman–Crippen LogP) is 2.82. The van der Waals surface area contributed by atoms with Crippen molar-refractivity contribution in [3.05, 3.63) is 21.8 Å². The number of methoxy groups -OCH3 is 1. The molecule has 0 bridgehead atoms. The van der Waals surface area contributed by atoms with E-state index in [0.717, 1.165) is 17.4 Å². The van der Waals surface area contributed by atoms with Crippen LogP contribution in [0.1, 0.15) is 6.42 Å². The summed E-state index contributed by atoms with van der Waals surface area (Å²) in [7, 11) is 1.67. The van der Waals surface area contributed by atoms with E-state index in [2.05, 4.69) is 31.5 Å². The van der Waals surface area contributed by atoms with Crippen LogP contribution < -0.4 is 10.6 Å². The average molecular weight is 339 g/mol. The normalized spacial score (nSPS) is 10.1. The predicted molar refractivity (Wildman–Crippen MR) is 77.7 cm³/mol. The minimum Gasteiger partial charge on any atom is -0.385 e. The molecule has 0 saturated heterocycles. The van der Waals surface area contributed by atoms with Crippen molar-refractivity contribution in [2.45, 2.75) is 6.42 Å². The van der Waals surface area contributed by atoms with Crippen LogP contribution in [-0.2, 0) is 4.74 Å². The number of halogens is 2. The number of hydrogen-bond acceptors (Lipinski definition) is 3. The van der Waals surface area contributed by atoms with Crippen LogP contribution in [0.15, 0.2) is 16.7 Å². The highest BCUT2D eigenvalue weighted by molar-refractivity contribution is 9.10. The number of pyridine rings is 1. The van der Waals surface area contributed by atoms with E-state index in [0.29, 0.717) is 22.6 Å². The highest BCUT2D eigenvalue weighted by Crippen LogP contribution is 2.22. The molecular formula is C10H13BrClN3OS. The van der Waals surface area contributed by atoms with Crippen molar-refractivity contribution in [2.75, 3.05) is 25.6 Å². The van der Waals surface area contributed by atoms with E-state index in [4.69, 9.17) is 28.6 Å². The molecule has 0 spiro atoms. The van der Waals surface area contributed by atoms with Gasteiger partial charge in [-0.1, -0.05) is 11.6 Å². The largest absolute Gasteiger partial charge is 0.385 e. The van der Waals surface area contributed by atoms with Crippen molar-refractivity contribution in [3.63, 3.8) is 0 Å². The van der Waals surface area contributed by atoms with Gasteiger partial charge in [-0.05, 0) is 40.6 Å². The lowest BCUT2D eigenvalue weighted by molar-refractivity contribution is 0.196. The maximum absolute atomic E-state index is 5.99. The Hall–Kier alpha value is -0.430. The van der Waals surface area contributed by atoms with E-state index in [1.165, 1.54) is 0 Å². The molecule has 0 unspecified atom stereocenters. The maximum Gasteiger partial charge on any atom is 0.171 e. The first-order valence-electron chi connectivity index (χ1n) is 4.98. The molecule has 0 radical (unpaired) electrons. The van der Waals surface area contributed by atoms with E-state index in [1.54, 1.807) is 19.4 Å². The van der Waals surface area contributed by atoms with E-state index in [9.17, 15) is 0 Å². The third-order valence-corrected chi connectivity index (χ3v) is 2.82. The van der Waals surface area contributed by atoms with Crippen LogP contribution in [-0.4, -0.2) is 30.4 Å². The molecule has 1 rings (SSSR count). The van der Waals surface area contributed by atoms with Crippen molar-refractivity contribution in [1.82, 2.24) is 10.3 Å². The molecule has 0 aliphatic carbocycles. The smallest absolute Gasteiger partial charge is 0.171 e. The van der Waals surface area contributed by atoms with Gasteiger partial charge in [0.1, 0.15) is 0 Å². The minimum absolute atomic E-state index is 0.498. The Bertz CT molecular complexity index is 392. The molecule has 0 fully saturated rings. The van der Waals surface area contributed by atoms with E-state index in [1.807, 2.05) is 0 Å². The van der Waals surface area contributed by atoms with Crippen molar-refractivity contribution in [1.29, 1.82) is 0 Å². The Kier molecular flexibility index (Phi) is 6.72. The lowest BCUT2D eigenvalue weighted by atomic mass is 10.4. The number of aromatic nitrogens is 1. The summed E-state index contributed by atoms with van der Waals surface area (Å²) in [5.41, 5.74) is 0. The Morgan fingerprint density at radius 2 is 2.41 bits per heavy atom. The fourth-order valence-electron chi connectivity index (χ4n) is 1.08. The van der Waals surface area contributed by atoms with Crippen LogP contribution in [0.4, 0.5) is 5.82 Å². The molecule has 2 N–H and O–H groups in total. The van der Waals surface area contributed by atoms with Crippen molar-refractivity contribution in [3.8, 4) is 0 Å². The van der Waals surface area contributed by atoms with Crippen molar-refractivity contribution >= 4 is 50.7 Å². The Balaban J connectivity index is 2.40. The van der Waals surface area contributed by atoms with Gasteiger partial charge in [-0.2, -0.15) is 0 Å². The quantitative estimate of drug-likeness (QED) is 0.638. The Morgan fingerprint density at radius 1 is 1.65 bits per heavy atom. The van der Waals surface area contributed by atoms with Gasteiger partial charge in [0, 0.05) is 30.9 Å². The van der Waals surface area contributed by atoms with Crippen LogP contribution in [0.2, 0.25) is 5.02 Å². The molecule has 0 atom stereocenters. The van der Waals surface area contributed by atoms with Gasteiger partial charge in [0.2, 0.25) is 0 Å². The second-order valence-electron chi connectivity index (χ2n) is 3.21. The Labute approximate surface area is 119 Å². The monoisotopic (exact) mass is 337 g/mol. The fraction of sp³-hybridized carbons (Fsp3) is 0.400. The summed E-state index contributed by atoms with van der Waals surface area (Å²) < 4.78 is 5.76. The van der Waals surface area contributed by atoms with Gasteiger partial charge in [0.05, 0.1) is 5.02 Å². The molecule has 4 nitrogen and oxygen atoms in total. The number of anilines is 1. The van der Waals surface area contributed by atoms with Gasteiger partial charge >= 0.3 is 0 Å². The average Bonchev–Trinajstić information content (AvgIpc) is 2.28. The molecule has 1 aromatic rings. The lowest BCUT2D eigenvalue weighted by Crippen LogP contribution is -2.30. The van der Waals surface area contributed by atoms with Gasteiger partial charge in [0.25, 0.3) is 0 Å². The second-order valence-corrected chi connectivity index (χ2v) is 4.94. The molecule has 0 aliphatic heterocycles. The number of nitrogens with one attached hydrogen (secondary N) is 2. The first-order chi connectivity index (χ1) is 8.13. The number of thiocarbonyl (C=S) groups is 1. The highest BCUT2D eigenvalue weighted by Gasteiger charge is 2.04. The standard InChI is InChI=1S/C10H13BrClN3OS/c1-16-4-2-3-13-10(17)15-9-8(12)5-7(11)6-14-9/h5-6H,2-4H2,1H3,(H2,13,14,15,17). The molecule has 1 aromatic heterocycles. The van der Waals surface area contributed by atoms with E-state index < -0.39 is 0 Å². The number of nitrogens with zero attached hydrogens (tertiary/aromatic N) is 1. The van der Waals surface area contributed by atoms with Gasteiger partial charge in [-0.25, -0.2) is 4.98 Å². The zero-order valence-electron chi connectivity index (χ0n) is 9.30. The first kappa shape index (κ1) is 14.6. The van der Waals surface area contributed by atoms with E-state index in [-0.39, 0.29) is 0 Å². The summed E-state index contributed by atoms with van der Waals surface area (Å²) in [6.45, 7) is 1.45. The zero-order valence-corrected chi connectivity index (χ0v) is 12.5.